The fourth-order valence-electron chi connectivity index (χ4n) is 7.06. The second-order valence-corrected chi connectivity index (χ2v) is 13.1. The molecule has 0 amide bonds. The summed E-state index contributed by atoms with van der Waals surface area (Å²) >= 11 is 0. The van der Waals surface area contributed by atoms with Gasteiger partial charge >= 0.3 is 0 Å². The summed E-state index contributed by atoms with van der Waals surface area (Å²) in [4.78, 5) is 0. The number of rotatable bonds is 6. The molecule has 328 valence electrons. The van der Waals surface area contributed by atoms with Gasteiger partial charge in [-0.1, -0.05) is 42.5 Å². The van der Waals surface area contributed by atoms with Crippen molar-refractivity contribution in [1.82, 2.24) is 0 Å². The molecule has 0 atom stereocenters. The van der Waals surface area contributed by atoms with Gasteiger partial charge in [-0.05, 0) is 12.1 Å². The average Bonchev–Trinajstić information content (AvgIpc) is 3.26. The van der Waals surface area contributed by atoms with Gasteiger partial charge in [-0.15, -0.1) is 21.9 Å². The minimum Gasteiger partial charge on any atom is -0.207 e. The smallest absolute Gasteiger partial charge is 0.207 e. The fourth-order valence-corrected chi connectivity index (χ4v) is 7.06. The third-order valence-electron chi connectivity index (χ3n) is 9.72. The lowest BCUT2D eigenvalue weighted by molar-refractivity contribution is -0.663. The molecule has 0 aliphatic rings. The topological polar surface area (TPSA) is 3.88 Å². The van der Waals surface area contributed by atoms with Crippen LogP contribution in [0.5, 0.6) is 0 Å². The largest absolute Gasteiger partial charge is 0.212 e. The van der Waals surface area contributed by atoms with Crippen molar-refractivity contribution in [2.45, 2.75) is 6.54 Å². The Balaban J connectivity index is 0.000000302. The zero-order valence-electron chi connectivity index (χ0n) is 30.0. The standard InChI is InChI=1S/C24BF20.C16H13FN/c26-5-1(6(27)14(35)21(42)13(5)34)25(2-7(28)15(36)22(43)16(37)8(2)29,3-9(30)17(38)23(44)18(39)10(3)31)4-11(32)19(40)24(45)20(41)12(4)33;17-15-10-14-8-4-5-9-16(14)18(12-15)11-13-6-2-1-3-7-13/h;1-10,12H,11H2/q-1;+1. The number of nitrogens with zero attached hydrogens (tertiary/aromatic N) is 1. The van der Waals surface area contributed by atoms with Gasteiger partial charge in [-0.3, -0.25) is 0 Å². The molecule has 0 aliphatic heterocycles. The first-order chi connectivity index (χ1) is 29.5. The highest BCUT2D eigenvalue weighted by Gasteiger charge is 2.52. The summed E-state index contributed by atoms with van der Waals surface area (Å²) < 4.78 is 309. The molecule has 0 spiro atoms. The number of hydrogen-bond acceptors (Lipinski definition) is 0. The van der Waals surface area contributed by atoms with E-state index in [9.17, 15) is 57.1 Å². The van der Waals surface area contributed by atoms with E-state index in [1.165, 1.54) is 5.56 Å². The lowest BCUT2D eigenvalue weighted by atomic mass is 9.12. The van der Waals surface area contributed by atoms with Crippen LogP contribution in [-0.2, 0) is 6.54 Å². The van der Waals surface area contributed by atoms with Crippen molar-refractivity contribution in [3.8, 4) is 0 Å². The van der Waals surface area contributed by atoms with Crippen molar-refractivity contribution in [2.24, 2.45) is 0 Å². The number of fused-ring (bicyclic) bond motifs is 1. The number of halogens is 21. The quantitative estimate of drug-likeness (QED) is 0.0516. The van der Waals surface area contributed by atoms with Gasteiger partial charge in [0.15, 0.2) is 82.2 Å². The second-order valence-electron chi connectivity index (χ2n) is 13.1. The highest BCUT2D eigenvalue weighted by molar-refractivity contribution is 7.20. The predicted molar refractivity (Wildman–Crippen MR) is 179 cm³/mol. The van der Waals surface area contributed by atoms with Gasteiger partial charge in [0.25, 0.3) is 0 Å². The summed E-state index contributed by atoms with van der Waals surface area (Å²) in [5, 5.41) is 0.924. The van der Waals surface area contributed by atoms with E-state index in [-0.39, 0.29) is 5.82 Å². The fraction of sp³-hybridized carbons (Fsp3) is 0.0250. The van der Waals surface area contributed by atoms with Crippen LogP contribution in [0.25, 0.3) is 10.9 Å². The van der Waals surface area contributed by atoms with Crippen LogP contribution in [0.4, 0.5) is 92.2 Å². The average molecular weight is 917 g/mol. The number of aromatic nitrogens is 1. The summed E-state index contributed by atoms with van der Waals surface area (Å²) in [6.07, 6.45) is -5.67. The summed E-state index contributed by atoms with van der Waals surface area (Å²) in [5.41, 5.74) is -12.1. The number of para-hydroxylation sites is 1. The van der Waals surface area contributed by atoms with Crippen LogP contribution in [0, 0.1) is 122 Å². The Bertz CT molecular complexity index is 2610. The summed E-state index contributed by atoms with van der Waals surface area (Å²) in [6.45, 7) is 0.680. The van der Waals surface area contributed by atoms with Crippen LogP contribution in [0.1, 0.15) is 5.56 Å². The maximum atomic E-state index is 15.4. The molecular weight excluding hydrogens is 904 g/mol. The van der Waals surface area contributed by atoms with Gasteiger partial charge in [0, 0.05) is 17.0 Å². The Kier molecular flexibility index (Phi) is 12.3. The Morgan fingerprint density at radius 2 is 0.587 bits per heavy atom. The van der Waals surface area contributed by atoms with Gasteiger partial charge in [0.1, 0.15) is 52.7 Å². The van der Waals surface area contributed by atoms with E-state index >= 15 is 35.1 Å². The minimum absolute atomic E-state index is 0.204. The molecule has 1 aromatic heterocycles. The number of benzene rings is 6. The SMILES string of the molecule is Fc1c(F)c(F)c([B-](c2c(F)c(F)c(F)c(F)c2F)(c2c(F)c(F)c(F)c(F)c2F)c2c(F)c(F)c(F)c(F)c2F)c(F)c1F.Fc1cc2ccccc2[n+](Cc2ccccc2)c1. The molecule has 0 aliphatic carbocycles. The lowest BCUT2D eigenvalue weighted by Gasteiger charge is -2.44. The van der Waals surface area contributed by atoms with E-state index in [4.69, 9.17) is 0 Å². The summed E-state index contributed by atoms with van der Waals surface area (Å²) in [6, 6.07) is 19.5. The molecule has 6 aromatic carbocycles. The molecule has 23 heteroatoms. The zero-order valence-corrected chi connectivity index (χ0v) is 30.0. The van der Waals surface area contributed by atoms with Crippen molar-refractivity contribution in [3.05, 3.63) is 195 Å². The van der Waals surface area contributed by atoms with E-state index in [1.807, 2.05) is 59.2 Å². The van der Waals surface area contributed by atoms with Crippen molar-refractivity contribution in [3.63, 3.8) is 0 Å². The number of pyridine rings is 1. The van der Waals surface area contributed by atoms with E-state index in [0.29, 0.717) is 6.54 Å². The molecule has 0 radical (unpaired) electrons. The summed E-state index contributed by atoms with van der Waals surface area (Å²) in [5.74, 6) is -71.6. The molecule has 1 nitrogen and oxygen atoms in total. The highest BCUT2D eigenvalue weighted by atomic mass is 19.2. The van der Waals surface area contributed by atoms with Crippen molar-refractivity contribution in [1.29, 1.82) is 0 Å². The summed E-state index contributed by atoms with van der Waals surface area (Å²) in [7, 11) is 0. The van der Waals surface area contributed by atoms with Gasteiger partial charge in [0.05, 0.1) is 0 Å². The molecule has 0 unspecified atom stereocenters. The first kappa shape index (κ1) is 45.8. The van der Waals surface area contributed by atoms with Crippen molar-refractivity contribution >= 4 is 38.9 Å². The number of hydrogen-bond donors (Lipinski definition) is 0. The van der Waals surface area contributed by atoms with Gasteiger partial charge in [0.2, 0.25) is 11.7 Å². The molecule has 0 saturated heterocycles. The van der Waals surface area contributed by atoms with Gasteiger partial charge < -0.3 is 0 Å². The Morgan fingerprint density at radius 1 is 0.317 bits per heavy atom. The third-order valence-corrected chi connectivity index (χ3v) is 9.72. The first-order valence-corrected chi connectivity index (χ1v) is 16.9. The van der Waals surface area contributed by atoms with Gasteiger partial charge in [-0.2, -0.15) is 4.57 Å². The molecule has 0 fully saturated rings. The molecule has 1 heterocycles. The van der Waals surface area contributed by atoms with E-state index in [0.717, 1.165) is 10.9 Å². The Labute approximate surface area is 336 Å². The Morgan fingerprint density at radius 3 is 0.905 bits per heavy atom. The second kappa shape index (κ2) is 16.9. The zero-order chi connectivity index (χ0) is 46.7. The van der Waals surface area contributed by atoms with Crippen LogP contribution in [0.2, 0.25) is 0 Å². The van der Waals surface area contributed by atoms with E-state index in [1.54, 1.807) is 12.3 Å². The maximum Gasteiger partial charge on any atom is 0.212 e. The van der Waals surface area contributed by atoms with Crippen molar-refractivity contribution in [2.75, 3.05) is 0 Å². The minimum atomic E-state index is -7.22. The molecule has 63 heavy (non-hydrogen) atoms. The van der Waals surface area contributed by atoms with Crippen LogP contribution >= 0.6 is 0 Å². The first-order valence-electron chi connectivity index (χ1n) is 16.9. The normalized spacial score (nSPS) is 11.6. The van der Waals surface area contributed by atoms with Crippen LogP contribution < -0.4 is 26.4 Å². The van der Waals surface area contributed by atoms with E-state index in [2.05, 4.69) is 0 Å². The molecule has 7 aromatic rings. The van der Waals surface area contributed by atoms with Crippen molar-refractivity contribution < 1.29 is 96.8 Å². The van der Waals surface area contributed by atoms with E-state index < -0.39 is 144 Å². The third kappa shape index (κ3) is 7.15. The monoisotopic (exact) mass is 917 g/mol. The maximum absolute atomic E-state index is 15.4. The molecule has 7 rings (SSSR count). The van der Waals surface area contributed by atoms with Gasteiger partial charge in [-0.25, -0.2) is 92.2 Å². The molecule has 0 bridgehead atoms. The highest BCUT2D eigenvalue weighted by Crippen LogP contribution is 2.31. The Hall–Kier alpha value is -6.68. The lowest BCUT2D eigenvalue weighted by Crippen LogP contribution is -2.81. The molecule has 0 N–H and O–H groups in total. The van der Waals surface area contributed by atoms with Crippen LogP contribution in [0.15, 0.2) is 66.9 Å². The van der Waals surface area contributed by atoms with Crippen LogP contribution in [0.3, 0.4) is 0 Å². The predicted octanol–water partition coefficient (Wildman–Crippen LogP) is 9.16. The molecular formula is C40H13BF21N. The molecule has 0 saturated carbocycles. The van der Waals surface area contributed by atoms with Crippen LogP contribution in [-0.4, -0.2) is 6.15 Å².